The molecule has 1 aromatic heterocycles. The predicted octanol–water partition coefficient (Wildman–Crippen LogP) is 2.37. The molecule has 1 aliphatic heterocycles. The number of carbonyl (C=O) groups excluding carboxylic acids is 2. The zero-order valence-electron chi connectivity index (χ0n) is 16.1. The third kappa shape index (κ3) is 4.56. The lowest BCUT2D eigenvalue weighted by molar-refractivity contribution is -0.145. The summed E-state index contributed by atoms with van der Waals surface area (Å²) in [6.07, 6.45) is 6.72. The number of hydrogen-bond acceptors (Lipinski definition) is 7. The molecule has 1 amide bonds. The number of rotatable bonds is 3. The number of methoxy groups -OCH3 is 1. The minimum atomic E-state index is -0.750. The van der Waals surface area contributed by atoms with Gasteiger partial charge in [0.2, 0.25) is 5.88 Å². The number of amides is 1. The van der Waals surface area contributed by atoms with Crippen molar-refractivity contribution in [2.75, 3.05) is 13.7 Å². The number of nitrogens with zero attached hydrogens (tertiary/aromatic N) is 3. The van der Waals surface area contributed by atoms with E-state index in [4.69, 9.17) is 14.2 Å². The number of aromatic nitrogens is 2. The second kappa shape index (κ2) is 7.54. The number of aryl methyl sites for hydroxylation is 1. The lowest BCUT2D eigenvalue weighted by Crippen LogP contribution is -2.44. The summed E-state index contributed by atoms with van der Waals surface area (Å²) < 4.78 is 16.2. The standard InChI is InChI=1S/C19H25N3O5/c1-19(2,3)27-18(24)22-11-12(9-15(22)17(23)25-4)26-16-10-20-13-7-5-6-8-14(13)21-16/h6,8,10,12,15H,5,7,9,11H2,1-4H3. The summed E-state index contributed by atoms with van der Waals surface area (Å²) in [6, 6.07) is -0.750. The fourth-order valence-electron chi connectivity index (χ4n) is 3.14. The van der Waals surface area contributed by atoms with Crippen LogP contribution in [0.25, 0.3) is 6.08 Å². The highest BCUT2D eigenvalue weighted by Crippen LogP contribution is 2.26. The molecule has 8 nitrogen and oxygen atoms in total. The molecule has 3 rings (SSSR count). The molecule has 0 N–H and O–H groups in total. The quantitative estimate of drug-likeness (QED) is 0.749. The molecule has 8 heteroatoms. The summed E-state index contributed by atoms with van der Waals surface area (Å²) in [5.74, 6) is -0.119. The Hall–Kier alpha value is -2.64. The Morgan fingerprint density at radius 1 is 1.30 bits per heavy atom. The fourth-order valence-corrected chi connectivity index (χ4v) is 3.14. The van der Waals surface area contributed by atoms with Crippen LogP contribution in [-0.4, -0.2) is 58.3 Å². The molecule has 2 atom stereocenters. The molecule has 0 saturated carbocycles. The number of esters is 1. The van der Waals surface area contributed by atoms with Crippen LogP contribution in [0.15, 0.2) is 12.3 Å². The topological polar surface area (TPSA) is 90.9 Å². The van der Waals surface area contributed by atoms with E-state index in [0.29, 0.717) is 12.3 Å². The van der Waals surface area contributed by atoms with Crippen LogP contribution in [0.1, 0.15) is 45.0 Å². The van der Waals surface area contributed by atoms with Crippen LogP contribution >= 0.6 is 0 Å². The highest BCUT2D eigenvalue weighted by Gasteiger charge is 2.43. The smallest absolute Gasteiger partial charge is 0.411 e. The maximum Gasteiger partial charge on any atom is 0.411 e. The van der Waals surface area contributed by atoms with Crippen molar-refractivity contribution in [3.05, 3.63) is 23.7 Å². The predicted molar refractivity (Wildman–Crippen MR) is 97.2 cm³/mol. The van der Waals surface area contributed by atoms with E-state index in [-0.39, 0.29) is 6.54 Å². The first-order valence-corrected chi connectivity index (χ1v) is 9.03. The van der Waals surface area contributed by atoms with E-state index in [1.807, 2.05) is 12.2 Å². The zero-order valence-corrected chi connectivity index (χ0v) is 16.1. The van der Waals surface area contributed by atoms with Crippen LogP contribution in [0.2, 0.25) is 0 Å². The molecule has 27 heavy (non-hydrogen) atoms. The molecular weight excluding hydrogens is 350 g/mol. The third-order valence-electron chi connectivity index (χ3n) is 4.33. The molecule has 2 aliphatic rings. The second-order valence-electron chi connectivity index (χ2n) is 7.63. The van der Waals surface area contributed by atoms with E-state index in [0.717, 1.165) is 24.2 Å². The van der Waals surface area contributed by atoms with Gasteiger partial charge in [0.15, 0.2) is 0 Å². The maximum absolute atomic E-state index is 12.5. The Labute approximate surface area is 158 Å². The SMILES string of the molecule is COC(=O)C1CC(Oc2cnc3c(n2)C=CCC3)CN1C(=O)OC(C)(C)C. The first-order chi connectivity index (χ1) is 12.8. The van der Waals surface area contributed by atoms with Crippen molar-refractivity contribution in [2.45, 2.75) is 57.8 Å². The van der Waals surface area contributed by atoms with E-state index in [9.17, 15) is 9.59 Å². The van der Waals surface area contributed by atoms with Gasteiger partial charge in [-0.05, 0) is 39.7 Å². The van der Waals surface area contributed by atoms with Crippen LogP contribution in [0, 0.1) is 0 Å². The van der Waals surface area contributed by atoms with Crippen LogP contribution in [0.5, 0.6) is 5.88 Å². The number of hydrogen-bond donors (Lipinski definition) is 0. The van der Waals surface area contributed by atoms with E-state index < -0.39 is 29.8 Å². The highest BCUT2D eigenvalue weighted by molar-refractivity contribution is 5.82. The molecule has 1 aliphatic carbocycles. The summed E-state index contributed by atoms with van der Waals surface area (Å²) in [6.45, 7) is 5.54. The number of fused-ring (bicyclic) bond motifs is 1. The molecule has 0 aromatic carbocycles. The van der Waals surface area contributed by atoms with Crippen LogP contribution < -0.4 is 4.74 Å². The van der Waals surface area contributed by atoms with Crippen molar-refractivity contribution in [3.63, 3.8) is 0 Å². The maximum atomic E-state index is 12.5. The fraction of sp³-hybridized carbons (Fsp3) is 0.579. The van der Waals surface area contributed by atoms with Crippen LogP contribution in [0.4, 0.5) is 4.79 Å². The first-order valence-electron chi connectivity index (χ1n) is 9.03. The molecule has 146 valence electrons. The van der Waals surface area contributed by atoms with E-state index in [1.54, 1.807) is 27.0 Å². The average molecular weight is 375 g/mol. The van der Waals surface area contributed by atoms with Gasteiger partial charge in [-0.15, -0.1) is 0 Å². The molecule has 2 heterocycles. The molecule has 0 radical (unpaired) electrons. The molecule has 0 bridgehead atoms. The number of likely N-dealkylation sites (tertiary alicyclic amines) is 1. The Balaban J connectivity index is 1.73. The van der Waals surface area contributed by atoms with Crippen molar-refractivity contribution in [1.82, 2.24) is 14.9 Å². The van der Waals surface area contributed by atoms with Gasteiger partial charge in [-0.25, -0.2) is 14.6 Å². The van der Waals surface area contributed by atoms with Gasteiger partial charge in [-0.3, -0.25) is 9.88 Å². The van der Waals surface area contributed by atoms with Gasteiger partial charge in [0.1, 0.15) is 17.7 Å². The van der Waals surface area contributed by atoms with Crippen molar-refractivity contribution >= 4 is 18.1 Å². The first kappa shape index (κ1) is 19.1. The Morgan fingerprint density at radius 2 is 2.07 bits per heavy atom. The average Bonchev–Trinajstić information content (AvgIpc) is 3.03. The lowest BCUT2D eigenvalue weighted by Gasteiger charge is -2.27. The van der Waals surface area contributed by atoms with Crippen LogP contribution in [0.3, 0.4) is 0 Å². The normalized spacial score (nSPS) is 21.6. The van der Waals surface area contributed by atoms with Crippen molar-refractivity contribution in [1.29, 1.82) is 0 Å². The summed E-state index contributed by atoms with van der Waals surface area (Å²) in [7, 11) is 1.30. The van der Waals surface area contributed by atoms with E-state index in [1.165, 1.54) is 12.0 Å². The van der Waals surface area contributed by atoms with E-state index in [2.05, 4.69) is 9.97 Å². The number of ether oxygens (including phenoxy) is 3. The van der Waals surface area contributed by atoms with Crippen molar-refractivity contribution < 1.29 is 23.8 Å². The second-order valence-corrected chi connectivity index (χ2v) is 7.63. The molecule has 2 unspecified atom stereocenters. The lowest BCUT2D eigenvalue weighted by atomic mass is 10.1. The van der Waals surface area contributed by atoms with Gasteiger partial charge in [-0.1, -0.05) is 6.08 Å². The molecule has 0 spiro atoms. The highest BCUT2D eigenvalue weighted by atomic mass is 16.6. The van der Waals surface area contributed by atoms with Gasteiger partial charge in [0, 0.05) is 6.42 Å². The van der Waals surface area contributed by atoms with E-state index >= 15 is 0 Å². The van der Waals surface area contributed by atoms with Gasteiger partial charge < -0.3 is 14.2 Å². The number of carbonyl (C=O) groups is 2. The molecule has 1 aromatic rings. The monoisotopic (exact) mass is 375 g/mol. The van der Waals surface area contributed by atoms with Crippen molar-refractivity contribution in [3.8, 4) is 5.88 Å². The van der Waals surface area contributed by atoms with Gasteiger partial charge in [0.05, 0.1) is 31.2 Å². The largest absolute Gasteiger partial charge is 0.471 e. The van der Waals surface area contributed by atoms with Gasteiger partial charge >= 0.3 is 12.1 Å². The molecular formula is C19H25N3O5. The minimum Gasteiger partial charge on any atom is -0.471 e. The Morgan fingerprint density at radius 3 is 2.78 bits per heavy atom. The number of allylic oxidation sites excluding steroid dienone is 1. The van der Waals surface area contributed by atoms with Gasteiger partial charge in [0.25, 0.3) is 0 Å². The zero-order chi connectivity index (χ0) is 19.6. The van der Waals surface area contributed by atoms with Crippen molar-refractivity contribution in [2.24, 2.45) is 0 Å². The third-order valence-corrected chi connectivity index (χ3v) is 4.33. The minimum absolute atomic E-state index is 0.212. The summed E-state index contributed by atoms with van der Waals surface area (Å²) >= 11 is 0. The molecule has 1 fully saturated rings. The summed E-state index contributed by atoms with van der Waals surface area (Å²) in [5, 5.41) is 0. The summed E-state index contributed by atoms with van der Waals surface area (Å²) in [4.78, 5) is 34.8. The Kier molecular flexibility index (Phi) is 5.34. The van der Waals surface area contributed by atoms with Gasteiger partial charge in [-0.2, -0.15) is 0 Å². The Bertz CT molecular complexity index is 756. The summed E-state index contributed by atoms with van der Waals surface area (Å²) in [5.41, 5.74) is 1.08. The van der Waals surface area contributed by atoms with Crippen LogP contribution in [-0.2, 0) is 20.7 Å². The molecule has 1 saturated heterocycles.